The average Bonchev–Trinajstić information content (AvgIpc) is 1.67. The van der Waals surface area contributed by atoms with Gasteiger partial charge in [-0.3, -0.25) is 0 Å². The minimum absolute atomic E-state index is 0.153. The van der Waals surface area contributed by atoms with Crippen LogP contribution in [0.5, 0.6) is 34.5 Å². The molecule has 10 aromatic rings. The van der Waals surface area contributed by atoms with Crippen LogP contribution in [0.1, 0.15) is 97.8 Å². The van der Waals surface area contributed by atoms with Crippen LogP contribution in [0.15, 0.2) is 207 Å². The molecule has 22 nitrogen and oxygen atoms in total. The zero-order valence-corrected chi connectivity index (χ0v) is 61.4. The maximum atomic E-state index is 12.3. The molecule has 3 aliphatic heterocycles. The topological polar surface area (TPSA) is 259 Å². The van der Waals surface area contributed by atoms with E-state index in [0.717, 1.165) is 105 Å². The highest BCUT2D eigenvalue weighted by Gasteiger charge is 2.36. The number of hydrogen-bond acceptors (Lipinski definition) is 18. The van der Waals surface area contributed by atoms with Crippen molar-refractivity contribution in [1.82, 2.24) is 49.2 Å². The number of rotatable bonds is 10. The fourth-order valence-electron chi connectivity index (χ4n) is 11.0. The van der Waals surface area contributed by atoms with Gasteiger partial charge in [0, 0.05) is 54.6 Å². The van der Waals surface area contributed by atoms with Gasteiger partial charge >= 0.3 is 25.4 Å². The second kappa shape index (κ2) is 35.0. The molecule has 2 aliphatic carbocycles. The quantitative estimate of drug-likeness (QED) is 0.0653. The fraction of sp³-hybridized carbons (Fsp3) is 0.296. The minimum Gasteiger partial charge on any atom is -0.457 e. The molecule has 3 N–H and O–H groups in total. The van der Waals surface area contributed by atoms with Gasteiger partial charge in [-0.05, 0) is 202 Å². The summed E-state index contributed by atoms with van der Waals surface area (Å²) in [5, 5.41) is 27.3. The standard InChI is InChI=1S/C26H26N4O3.C19H14N2O.C12H11BO3.C9H17NO2.C8H15NO3.C7H5ClN2/c1-26(2,3)33-25(31)29-15-19(16-29)30-14-13-22-24(30)23(28-17-27-22)18-9-11-21(12-10-18)32-20-7-5-4-6-8-20;1-2-5-15(6-3-1)22-16-11-9-14(10-12-16)19-17-7-4-8-18(17)20-13-21-19;14-13(15)10-6-8-12(9-7-10)16-11-4-2-1-3-5-11;1-7-5-10(6-7)8(11)12-9(2,3)4;1-8(2,3)12-7(11)9-4-6(10)5-9;8-7-5-2-1-3-6(5)9-4-10-7/h4-14,17,19H,15-16H2,1-3H3;1-6,8-13H,7H2;1-9,14-15H;7H,5-6H2,1-4H3;6,10H,4-5H2,1-3H3;1,3-4H,2H2. The Bertz CT molecular complexity index is 4510. The van der Waals surface area contributed by atoms with E-state index in [9.17, 15) is 14.4 Å². The number of allylic oxidation sites excluding steroid dienone is 2. The number of ether oxygens (including phenoxy) is 6. The first-order valence-electron chi connectivity index (χ1n) is 34.6. The van der Waals surface area contributed by atoms with Crippen LogP contribution in [0.4, 0.5) is 14.4 Å². The third-order valence-corrected chi connectivity index (χ3v) is 16.4. The lowest BCUT2D eigenvalue weighted by Gasteiger charge is -2.40. The number of aliphatic hydroxyl groups excluding tert-OH is 1. The number of hydrogen-bond donors (Lipinski definition) is 3. The van der Waals surface area contributed by atoms with E-state index in [1.54, 1.807) is 46.7 Å². The van der Waals surface area contributed by atoms with E-state index in [4.69, 9.17) is 55.2 Å². The van der Waals surface area contributed by atoms with E-state index in [1.807, 2.05) is 232 Å². The molecule has 6 aromatic carbocycles. The van der Waals surface area contributed by atoms with E-state index in [1.165, 1.54) is 16.8 Å². The third-order valence-electron chi connectivity index (χ3n) is 16.1. The first kappa shape index (κ1) is 76.7. The minimum atomic E-state index is -1.44. The Hall–Kier alpha value is -11.0. The smallest absolute Gasteiger partial charge is 0.457 e. The second-order valence-corrected chi connectivity index (χ2v) is 28.7. The summed E-state index contributed by atoms with van der Waals surface area (Å²) in [5.41, 5.74) is 9.11. The first-order valence-corrected chi connectivity index (χ1v) is 35.0. The molecule has 24 heteroatoms. The van der Waals surface area contributed by atoms with E-state index in [2.05, 4.69) is 47.5 Å². The molecule has 0 spiro atoms. The monoisotopic (exact) mass is 1440 g/mol. The zero-order valence-electron chi connectivity index (χ0n) is 60.6. The Balaban J connectivity index is 0.000000143. The molecule has 544 valence electrons. The molecular formula is C81H88BClN10O12. The average molecular weight is 1440 g/mol. The van der Waals surface area contributed by atoms with Crippen molar-refractivity contribution in [3.8, 4) is 57.0 Å². The van der Waals surface area contributed by atoms with Gasteiger partial charge in [-0.1, -0.05) is 97.4 Å². The van der Waals surface area contributed by atoms with Crippen LogP contribution in [0.25, 0.3) is 45.7 Å². The van der Waals surface area contributed by atoms with Gasteiger partial charge in [0.1, 0.15) is 75.4 Å². The molecule has 3 amide bonds. The Labute approximate surface area is 617 Å². The van der Waals surface area contributed by atoms with Gasteiger partial charge in [-0.2, -0.15) is 0 Å². The van der Waals surface area contributed by atoms with E-state index < -0.39 is 18.3 Å². The Kier molecular flexibility index (Phi) is 25.6. The van der Waals surface area contributed by atoms with Gasteiger partial charge in [-0.15, -0.1) is 0 Å². The van der Waals surface area contributed by atoms with Crippen molar-refractivity contribution in [2.24, 2.45) is 5.92 Å². The molecular weight excluding hydrogens is 1350 g/mol. The number of likely N-dealkylation sites (tertiary alicyclic amines) is 3. The maximum absolute atomic E-state index is 12.3. The second-order valence-electron chi connectivity index (χ2n) is 28.3. The number of carbonyl (C=O) groups excluding carboxylic acids is 3. The molecule has 0 bridgehead atoms. The van der Waals surface area contributed by atoms with Crippen molar-refractivity contribution < 1.29 is 58.0 Å². The summed E-state index contributed by atoms with van der Waals surface area (Å²) in [7, 11) is -1.44. The number of benzene rings is 6. The Morgan fingerprint density at radius 2 is 0.838 bits per heavy atom. The lowest BCUT2D eigenvalue weighted by atomic mass is 9.80. The van der Waals surface area contributed by atoms with Gasteiger partial charge in [0.25, 0.3) is 0 Å². The van der Waals surface area contributed by atoms with Gasteiger partial charge in [-0.25, -0.2) is 44.3 Å². The normalized spacial score (nSPS) is 14.1. The Morgan fingerprint density at radius 1 is 0.457 bits per heavy atom. The predicted octanol–water partition coefficient (Wildman–Crippen LogP) is 15.5. The highest BCUT2D eigenvalue weighted by Crippen LogP contribution is 2.35. The molecule has 0 atom stereocenters. The number of aliphatic hydroxyl groups is 1. The van der Waals surface area contributed by atoms with Crippen LogP contribution in [-0.4, -0.2) is 152 Å². The van der Waals surface area contributed by atoms with Gasteiger partial charge < -0.3 is 62.8 Å². The molecule has 105 heavy (non-hydrogen) atoms. The van der Waals surface area contributed by atoms with Crippen LogP contribution < -0.4 is 19.7 Å². The molecule has 0 saturated carbocycles. The van der Waals surface area contributed by atoms with Crippen LogP contribution >= 0.6 is 11.6 Å². The number of halogens is 1. The highest BCUT2D eigenvalue weighted by molar-refractivity contribution is 6.58. The molecule has 0 unspecified atom stereocenters. The summed E-state index contributed by atoms with van der Waals surface area (Å²) in [6.45, 7) is 22.5. The molecule has 0 radical (unpaired) electrons. The summed E-state index contributed by atoms with van der Waals surface area (Å²) in [6.07, 6.45) is 15.5. The number of β-amino-alcohol motifs (C(OH)–C–C–N with tert-alkyl or cyclic N) is 1. The van der Waals surface area contributed by atoms with Gasteiger partial charge in [0.2, 0.25) is 0 Å². The van der Waals surface area contributed by atoms with Crippen molar-refractivity contribution in [1.29, 1.82) is 0 Å². The number of para-hydroxylation sites is 3. The molecule has 15 rings (SSSR count). The van der Waals surface area contributed by atoms with E-state index in [-0.39, 0.29) is 36.0 Å². The molecule has 7 heterocycles. The summed E-state index contributed by atoms with van der Waals surface area (Å²) < 4.78 is 35.2. The SMILES string of the molecule is C1=Cc2ncnc(-c3ccc(Oc4ccccc4)cc3)c2C1.CC(C)(C)OC(=O)N1CC(O)C1.CC(C)(C)OC(=O)N1CC(n2ccc3ncnc(-c4ccc(Oc5ccccc5)cc4)c32)C1.CC1CN(C(=O)OC(C)(C)C)C1.Clc1ncnc2c1CC=C2.OB(O)c1ccc(Oc2ccccc2)cc1. The van der Waals surface area contributed by atoms with Gasteiger partial charge in [0.05, 0.1) is 59.0 Å². The lowest BCUT2D eigenvalue weighted by Crippen LogP contribution is -2.54. The number of amides is 3. The zero-order chi connectivity index (χ0) is 74.8. The van der Waals surface area contributed by atoms with Crippen molar-refractivity contribution in [3.05, 3.63) is 235 Å². The molecule has 4 aromatic heterocycles. The van der Waals surface area contributed by atoms with Crippen molar-refractivity contribution >= 4 is 65.6 Å². The summed E-state index contributed by atoms with van der Waals surface area (Å²) in [6, 6.07) is 53.6. The molecule has 5 aliphatic rings. The molecule has 3 fully saturated rings. The van der Waals surface area contributed by atoms with Crippen molar-refractivity contribution in [3.63, 3.8) is 0 Å². The van der Waals surface area contributed by atoms with Crippen molar-refractivity contribution in [2.45, 2.75) is 111 Å². The Morgan fingerprint density at radius 3 is 1.27 bits per heavy atom. The first-order chi connectivity index (χ1) is 50.2. The number of carbonyl (C=O) groups is 3. The van der Waals surface area contributed by atoms with Crippen LogP contribution in [0.3, 0.4) is 0 Å². The number of nitrogens with zero attached hydrogens (tertiary/aromatic N) is 10. The van der Waals surface area contributed by atoms with Crippen LogP contribution in [0.2, 0.25) is 5.15 Å². The largest absolute Gasteiger partial charge is 0.488 e. The molecule has 3 saturated heterocycles. The maximum Gasteiger partial charge on any atom is 0.488 e. The fourth-order valence-corrected chi connectivity index (χ4v) is 11.2. The van der Waals surface area contributed by atoms with Crippen LogP contribution in [0, 0.1) is 5.92 Å². The summed E-state index contributed by atoms with van der Waals surface area (Å²) in [5.74, 6) is 5.26. The van der Waals surface area contributed by atoms with E-state index >= 15 is 0 Å². The summed E-state index contributed by atoms with van der Waals surface area (Å²) >= 11 is 5.78. The highest BCUT2D eigenvalue weighted by atomic mass is 35.5. The number of aromatic nitrogens is 7. The van der Waals surface area contributed by atoms with Crippen molar-refractivity contribution in [2.75, 3.05) is 39.3 Å². The van der Waals surface area contributed by atoms with Crippen LogP contribution in [-0.2, 0) is 27.1 Å². The van der Waals surface area contributed by atoms with E-state index in [0.29, 0.717) is 48.5 Å². The third kappa shape index (κ3) is 22.5. The predicted molar refractivity (Wildman–Crippen MR) is 406 cm³/mol. The number of fused-ring (bicyclic) bond motifs is 3. The summed E-state index contributed by atoms with van der Waals surface area (Å²) in [4.78, 5) is 65.4. The van der Waals surface area contributed by atoms with Gasteiger partial charge in [0.15, 0.2) is 0 Å². The lowest BCUT2D eigenvalue weighted by molar-refractivity contribution is -0.0303.